The molecule has 110 valence electrons. The number of rotatable bonds is 5. The molecule has 1 heterocycles. The molecule has 2 rings (SSSR count). The minimum atomic E-state index is -0.0200. The number of nitrogens with one attached hydrogen (secondary N) is 1. The Morgan fingerprint density at radius 2 is 2.35 bits per heavy atom. The normalized spacial score (nSPS) is 18.2. The fourth-order valence-corrected chi connectivity index (χ4v) is 2.86. The Morgan fingerprint density at radius 3 is 2.95 bits per heavy atom. The van der Waals surface area contributed by atoms with Crippen LogP contribution in [0.15, 0.2) is 22.7 Å². The lowest BCUT2D eigenvalue weighted by Gasteiger charge is -2.25. The maximum absolute atomic E-state index is 12.6. The summed E-state index contributed by atoms with van der Waals surface area (Å²) in [6, 6.07) is 5.97. The molecule has 1 aromatic carbocycles. The number of hydrogen-bond acceptors (Lipinski definition) is 3. The molecule has 4 nitrogen and oxygen atoms in total. The number of benzene rings is 1. The van der Waals surface area contributed by atoms with Crippen LogP contribution in [-0.2, 0) is 0 Å². The number of carbonyl (C=O) groups is 1. The van der Waals surface area contributed by atoms with Crippen LogP contribution in [0.4, 0.5) is 0 Å². The van der Waals surface area contributed by atoms with E-state index in [9.17, 15) is 9.90 Å². The first-order valence-corrected chi connectivity index (χ1v) is 7.81. The van der Waals surface area contributed by atoms with Gasteiger partial charge in [-0.25, -0.2) is 0 Å². The van der Waals surface area contributed by atoms with Crippen molar-refractivity contribution in [3.63, 3.8) is 0 Å². The summed E-state index contributed by atoms with van der Waals surface area (Å²) in [7, 11) is 0. The van der Waals surface area contributed by atoms with E-state index in [0.717, 1.165) is 29.4 Å². The zero-order valence-corrected chi connectivity index (χ0v) is 13.3. The Morgan fingerprint density at radius 1 is 1.55 bits per heavy atom. The van der Waals surface area contributed by atoms with Gasteiger partial charge >= 0.3 is 0 Å². The van der Waals surface area contributed by atoms with Gasteiger partial charge in [-0.3, -0.25) is 4.79 Å². The lowest BCUT2D eigenvalue weighted by atomic mass is 10.1. The van der Waals surface area contributed by atoms with Crippen molar-refractivity contribution in [3.8, 4) is 0 Å². The van der Waals surface area contributed by atoms with E-state index < -0.39 is 0 Å². The van der Waals surface area contributed by atoms with Crippen molar-refractivity contribution < 1.29 is 9.90 Å². The molecule has 1 aliphatic rings. The van der Waals surface area contributed by atoms with Crippen LogP contribution < -0.4 is 5.32 Å². The van der Waals surface area contributed by atoms with Crippen molar-refractivity contribution >= 4 is 21.8 Å². The van der Waals surface area contributed by atoms with Gasteiger partial charge in [-0.15, -0.1) is 0 Å². The third-order valence-corrected chi connectivity index (χ3v) is 4.53. The van der Waals surface area contributed by atoms with Crippen LogP contribution in [0.3, 0.4) is 0 Å². The van der Waals surface area contributed by atoms with Gasteiger partial charge in [0.2, 0.25) is 0 Å². The first-order valence-electron chi connectivity index (χ1n) is 7.01. The van der Waals surface area contributed by atoms with Crippen LogP contribution in [0.5, 0.6) is 0 Å². The highest BCUT2D eigenvalue weighted by Crippen LogP contribution is 2.19. The maximum atomic E-state index is 12.6. The van der Waals surface area contributed by atoms with Gasteiger partial charge in [0, 0.05) is 29.2 Å². The molecule has 20 heavy (non-hydrogen) atoms. The van der Waals surface area contributed by atoms with Crippen molar-refractivity contribution in [1.29, 1.82) is 0 Å². The Labute approximate surface area is 128 Å². The molecule has 0 saturated carbocycles. The SMILES string of the molecule is Cc1ccc(C(=O)N(CCO)CC2CCCN2)cc1Br. The molecule has 0 radical (unpaired) electrons. The number of aliphatic hydroxyl groups excluding tert-OH is 1. The molecule has 1 fully saturated rings. The van der Waals surface area contributed by atoms with E-state index in [2.05, 4.69) is 21.2 Å². The number of aryl methyl sites for hydroxylation is 1. The predicted octanol–water partition coefficient (Wildman–Crippen LogP) is 1.94. The number of nitrogens with zero attached hydrogens (tertiary/aromatic N) is 1. The summed E-state index contributed by atoms with van der Waals surface area (Å²) in [6.07, 6.45) is 2.24. The van der Waals surface area contributed by atoms with Gasteiger partial charge in [0.15, 0.2) is 0 Å². The molecular formula is C15H21BrN2O2. The summed E-state index contributed by atoms with van der Waals surface area (Å²) in [6.45, 7) is 4.03. The third-order valence-electron chi connectivity index (χ3n) is 3.68. The number of amides is 1. The fourth-order valence-electron chi connectivity index (χ4n) is 2.48. The maximum Gasteiger partial charge on any atom is 0.254 e. The molecule has 2 N–H and O–H groups in total. The summed E-state index contributed by atoms with van der Waals surface area (Å²) in [4.78, 5) is 14.3. The Balaban J connectivity index is 2.10. The summed E-state index contributed by atoms with van der Waals surface area (Å²) in [5.74, 6) is -0.0200. The zero-order valence-electron chi connectivity index (χ0n) is 11.7. The van der Waals surface area contributed by atoms with E-state index >= 15 is 0 Å². The lowest BCUT2D eigenvalue weighted by Crippen LogP contribution is -2.42. The average Bonchev–Trinajstić information content (AvgIpc) is 2.93. The average molecular weight is 341 g/mol. The standard InChI is InChI=1S/C15H21BrN2O2/c1-11-4-5-12(9-14(11)16)15(20)18(7-8-19)10-13-3-2-6-17-13/h4-5,9,13,17,19H,2-3,6-8,10H2,1H3. The van der Waals surface area contributed by atoms with Crippen LogP contribution in [0.1, 0.15) is 28.8 Å². The van der Waals surface area contributed by atoms with Gasteiger partial charge < -0.3 is 15.3 Å². The minimum Gasteiger partial charge on any atom is -0.395 e. The molecule has 1 aromatic rings. The van der Waals surface area contributed by atoms with Gasteiger partial charge in [-0.05, 0) is 44.0 Å². The van der Waals surface area contributed by atoms with Crippen molar-refractivity contribution in [3.05, 3.63) is 33.8 Å². The van der Waals surface area contributed by atoms with Crippen molar-refractivity contribution in [2.75, 3.05) is 26.2 Å². The molecule has 0 aliphatic carbocycles. The van der Waals surface area contributed by atoms with Gasteiger partial charge in [0.05, 0.1) is 6.61 Å². The van der Waals surface area contributed by atoms with E-state index in [-0.39, 0.29) is 12.5 Å². The number of aliphatic hydroxyl groups is 1. The second-order valence-electron chi connectivity index (χ2n) is 5.23. The minimum absolute atomic E-state index is 0.00844. The number of hydrogen-bond donors (Lipinski definition) is 2. The Kier molecular flexibility index (Phi) is 5.57. The highest BCUT2D eigenvalue weighted by Gasteiger charge is 2.22. The molecule has 1 amide bonds. The Hall–Kier alpha value is -0.910. The molecule has 0 spiro atoms. The van der Waals surface area contributed by atoms with Gasteiger partial charge in [0.1, 0.15) is 0 Å². The van der Waals surface area contributed by atoms with Crippen LogP contribution in [0.25, 0.3) is 0 Å². The van der Waals surface area contributed by atoms with E-state index in [4.69, 9.17) is 0 Å². The van der Waals surface area contributed by atoms with Crippen molar-refractivity contribution in [2.24, 2.45) is 0 Å². The molecule has 0 bridgehead atoms. The van der Waals surface area contributed by atoms with Crippen molar-refractivity contribution in [2.45, 2.75) is 25.8 Å². The van der Waals surface area contributed by atoms with Crippen LogP contribution in [0.2, 0.25) is 0 Å². The molecule has 1 saturated heterocycles. The van der Waals surface area contributed by atoms with Gasteiger partial charge in [-0.2, -0.15) is 0 Å². The quantitative estimate of drug-likeness (QED) is 0.861. The second kappa shape index (κ2) is 7.20. The van der Waals surface area contributed by atoms with Crippen LogP contribution in [0, 0.1) is 6.92 Å². The fraction of sp³-hybridized carbons (Fsp3) is 0.533. The third kappa shape index (κ3) is 3.81. The summed E-state index contributed by atoms with van der Waals surface area (Å²) < 4.78 is 0.936. The molecule has 1 aliphatic heterocycles. The second-order valence-corrected chi connectivity index (χ2v) is 6.09. The molecule has 1 unspecified atom stereocenters. The lowest BCUT2D eigenvalue weighted by molar-refractivity contribution is 0.0706. The van der Waals surface area contributed by atoms with E-state index in [1.54, 1.807) is 4.90 Å². The smallest absolute Gasteiger partial charge is 0.254 e. The van der Waals surface area contributed by atoms with Gasteiger partial charge in [0.25, 0.3) is 5.91 Å². The Bertz CT molecular complexity index is 473. The first kappa shape index (κ1) is 15.5. The number of halogens is 1. The summed E-state index contributed by atoms with van der Waals surface area (Å²) >= 11 is 3.46. The molecule has 5 heteroatoms. The highest BCUT2D eigenvalue weighted by atomic mass is 79.9. The highest BCUT2D eigenvalue weighted by molar-refractivity contribution is 9.10. The summed E-state index contributed by atoms with van der Waals surface area (Å²) in [5, 5.41) is 12.6. The molecular weight excluding hydrogens is 320 g/mol. The summed E-state index contributed by atoms with van der Waals surface area (Å²) in [5.41, 5.74) is 1.77. The van der Waals surface area contributed by atoms with E-state index in [1.807, 2.05) is 25.1 Å². The van der Waals surface area contributed by atoms with E-state index in [0.29, 0.717) is 24.7 Å². The van der Waals surface area contributed by atoms with E-state index in [1.165, 1.54) is 0 Å². The van der Waals surface area contributed by atoms with Crippen molar-refractivity contribution in [1.82, 2.24) is 10.2 Å². The number of carbonyl (C=O) groups excluding carboxylic acids is 1. The monoisotopic (exact) mass is 340 g/mol. The van der Waals surface area contributed by atoms with Gasteiger partial charge in [-0.1, -0.05) is 22.0 Å². The van der Waals surface area contributed by atoms with Crippen LogP contribution >= 0.6 is 15.9 Å². The molecule has 1 atom stereocenters. The predicted molar refractivity (Wildman–Crippen MR) is 82.9 cm³/mol. The van der Waals surface area contributed by atoms with Crippen LogP contribution in [-0.4, -0.2) is 48.2 Å². The first-order chi connectivity index (χ1) is 9.61. The zero-order chi connectivity index (χ0) is 14.5. The molecule has 0 aromatic heterocycles. The largest absolute Gasteiger partial charge is 0.395 e. The topological polar surface area (TPSA) is 52.6 Å².